The molecule has 0 saturated heterocycles. The fourth-order valence-corrected chi connectivity index (χ4v) is 2.97. The van der Waals surface area contributed by atoms with Gasteiger partial charge in [-0.2, -0.15) is 0 Å². The van der Waals surface area contributed by atoms with Gasteiger partial charge in [0, 0.05) is 13.1 Å². The lowest BCUT2D eigenvalue weighted by atomic mass is 10.1. The minimum absolute atomic E-state index is 0.245. The molecule has 0 aliphatic rings. The van der Waals surface area contributed by atoms with Crippen LogP contribution in [-0.2, 0) is 12.8 Å². The molecule has 1 heterocycles. The van der Waals surface area contributed by atoms with Gasteiger partial charge in [0.2, 0.25) is 0 Å². The van der Waals surface area contributed by atoms with Gasteiger partial charge in [0.05, 0.1) is 0 Å². The largest absolute Gasteiger partial charge is 0.351 e. The molecular formula is C24H25N3O2. The molecule has 0 atom stereocenters. The maximum absolute atomic E-state index is 12.3. The average molecular weight is 387 g/mol. The van der Waals surface area contributed by atoms with Crippen molar-refractivity contribution in [2.24, 2.45) is 0 Å². The van der Waals surface area contributed by atoms with E-state index in [1.54, 1.807) is 18.2 Å². The van der Waals surface area contributed by atoms with Crippen molar-refractivity contribution in [3.05, 3.63) is 101 Å². The van der Waals surface area contributed by atoms with E-state index in [1.165, 1.54) is 5.56 Å². The predicted molar refractivity (Wildman–Crippen MR) is 114 cm³/mol. The summed E-state index contributed by atoms with van der Waals surface area (Å²) in [6.45, 7) is 1.07. The number of nitrogens with zero attached hydrogens (tertiary/aromatic N) is 1. The summed E-state index contributed by atoms with van der Waals surface area (Å²) in [7, 11) is 0. The molecule has 2 amide bonds. The van der Waals surface area contributed by atoms with Gasteiger partial charge in [0.1, 0.15) is 11.4 Å². The molecule has 0 aliphatic heterocycles. The van der Waals surface area contributed by atoms with Gasteiger partial charge >= 0.3 is 0 Å². The Bertz CT molecular complexity index is 927. The summed E-state index contributed by atoms with van der Waals surface area (Å²) in [5.74, 6) is -0.545. The highest BCUT2D eigenvalue weighted by Gasteiger charge is 2.11. The molecule has 0 fully saturated rings. The smallest absolute Gasteiger partial charge is 0.269 e. The first kappa shape index (κ1) is 20.3. The van der Waals surface area contributed by atoms with Crippen LogP contribution in [-0.4, -0.2) is 29.9 Å². The van der Waals surface area contributed by atoms with Gasteiger partial charge in [-0.15, -0.1) is 0 Å². The lowest BCUT2D eigenvalue weighted by Gasteiger charge is -2.08. The Morgan fingerprint density at radius 1 is 0.621 bits per heavy atom. The van der Waals surface area contributed by atoms with E-state index in [4.69, 9.17) is 0 Å². The zero-order valence-electron chi connectivity index (χ0n) is 16.3. The predicted octanol–water partition coefficient (Wildman–Crippen LogP) is 3.42. The van der Waals surface area contributed by atoms with Gasteiger partial charge in [0.25, 0.3) is 11.8 Å². The van der Waals surface area contributed by atoms with E-state index >= 15 is 0 Å². The van der Waals surface area contributed by atoms with E-state index in [0.717, 1.165) is 24.8 Å². The molecule has 3 rings (SSSR count). The summed E-state index contributed by atoms with van der Waals surface area (Å²) in [5, 5.41) is 5.72. The first-order valence-electron chi connectivity index (χ1n) is 9.84. The standard InChI is InChI=1S/C24H25N3O2/c28-23(25-17-8-13-19-9-3-1-4-10-19)21-14-7-15-22(27-21)24(29)26-18-16-20-11-5-2-6-12-20/h1-7,9-12,14-15H,8,13,16-18H2,(H,25,28)(H,26,29). The lowest BCUT2D eigenvalue weighted by molar-refractivity contribution is 0.0944. The number of hydrogen-bond donors (Lipinski definition) is 2. The van der Waals surface area contributed by atoms with E-state index in [-0.39, 0.29) is 23.2 Å². The van der Waals surface area contributed by atoms with Gasteiger partial charge in [-0.1, -0.05) is 66.7 Å². The minimum Gasteiger partial charge on any atom is -0.351 e. The summed E-state index contributed by atoms with van der Waals surface area (Å²) in [4.78, 5) is 28.9. The van der Waals surface area contributed by atoms with E-state index in [0.29, 0.717) is 13.1 Å². The second kappa shape index (κ2) is 10.8. The Labute approximate surface area is 171 Å². The number of aromatic nitrogens is 1. The van der Waals surface area contributed by atoms with E-state index in [9.17, 15) is 9.59 Å². The van der Waals surface area contributed by atoms with Crippen LogP contribution in [0, 0.1) is 0 Å². The third kappa shape index (κ3) is 6.57. The Hall–Kier alpha value is -3.47. The number of pyridine rings is 1. The topological polar surface area (TPSA) is 71.1 Å². The number of benzene rings is 2. The molecule has 0 bridgehead atoms. The summed E-state index contributed by atoms with van der Waals surface area (Å²) in [5.41, 5.74) is 2.90. The van der Waals surface area contributed by atoms with Crippen molar-refractivity contribution in [1.82, 2.24) is 15.6 Å². The molecule has 3 aromatic rings. The van der Waals surface area contributed by atoms with Crippen LogP contribution >= 0.6 is 0 Å². The van der Waals surface area contributed by atoms with Crippen molar-refractivity contribution < 1.29 is 9.59 Å². The number of carbonyl (C=O) groups excluding carboxylic acids is 2. The Kier molecular flexibility index (Phi) is 7.52. The Morgan fingerprint density at radius 2 is 1.14 bits per heavy atom. The van der Waals surface area contributed by atoms with Crippen molar-refractivity contribution in [2.75, 3.05) is 13.1 Å². The van der Waals surface area contributed by atoms with E-state index < -0.39 is 0 Å². The second-order valence-electron chi connectivity index (χ2n) is 6.74. The summed E-state index contributed by atoms with van der Waals surface area (Å²) in [6.07, 6.45) is 2.49. The van der Waals surface area contributed by atoms with Gasteiger partial charge in [-0.25, -0.2) is 4.98 Å². The lowest BCUT2D eigenvalue weighted by Crippen LogP contribution is -2.29. The van der Waals surface area contributed by atoms with Crippen LogP contribution in [0.4, 0.5) is 0 Å². The Morgan fingerprint density at radius 3 is 1.72 bits per heavy atom. The first-order chi connectivity index (χ1) is 14.2. The van der Waals surface area contributed by atoms with Crippen LogP contribution in [0.15, 0.2) is 78.9 Å². The van der Waals surface area contributed by atoms with Crippen LogP contribution in [0.1, 0.15) is 38.5 Å². The highest BCUT2D eigenvalue weighted by atomic mass is 16.2. The average Bonchev–Trinajstić information content (AvgIpc) is 2.78. The third-order valence-corrected chi connectivity index (χ3v) is 4.53. The molecule has 1 aromatic heterocycles. The fraction of sp³-hybridized carbons (Fsp3) is 0.208. The van der Waals surface area contributed by atoms with E-state index in [2.05, 4.69) is 27.8 Å². The maximum atomic E-state index is 12.3. The molecule has 2 aromatic carbocycles. The van der Waals surface area contributed by atoms with Gasteiger partial charge in [-0.3, -0.25) is 9.59 Å². The molecule has 5 nitrogen and oxygen atoms in total. The monoisotopic (exact) mass is 387 g/mol. The summed E-state index contributed by atoms with van der Waals surface area (Å²) >= 11 is 0. The van der Waals surface area contributed by atoms with Gasteiger partial charge in [-0.05, 0) is 42.5 Å². The number of aryl methyl sites for hydroxylation is 1. The number of nitrogens with one attached hydrogen (secondary N) is 2. The molecule has 0 unspecified atom stereocenters. The van der Waals surface area contributed by atoms with Gasteiger partial charge in [0.15, 0.2) is 0 Å². The van der Waals surface area contributed by atoms with Crippen LogP contribution in [0.5, 0.6) is 0 Å². The van der Waals surface area contributed by atoms with Crippen molar-refractivity contribution in [3.8, 4) is 0 Å². The number of hydrogen-bond acceptors (Lipinski definition) is 3. The summed E-state index contributed by atoms with van der Waals surface area (Å²) < 4.78 is 0. The third-order valence-electron chi connectivity index (χ3n) is 4.53. The minimum atomic E-state index is -0.278. The molecule has 0 radical (unpaired) electrons. The van der Waals surface area contributed by atoms with Crippen molar-refractivity contribution in [3.63, 3.8) is 0 Å². The SMILES string of the molecule is O=C(NCCCc1ccccc1)c1cccc(C(=O)NCCc2ccccc2)n1. The second-order valence-corrected chi connectivity index (χ2v) is 6.74. The van der Waals surface area contributed by atoms with Crippen molar-refractivity contribution in [2.45, 2.75) is 19.3 Å². The molecule has 148 valence electrons. The highest BCUT2D eigenvalue weighted by molar-refractivity contribution is 5.96. The number of rotatable bonds is 9. The molecule has 2 N–H and O–H groups in total. The molecular weight excluding hydrogens is 362 g/mol. The highest BCUT2D eigenvalue weighted by Crippen LogP contribution is 2.03. The zero-order valence-corrected chi connectivity index (χ0v) is 16.3. The number of amides is 2. The van der Waals surface area contributed by atoms with Crippen LogP contribution in [0.3, 0.4) is 0 Å². The number of carbonyl (C=O) groups is 2. The normalized spacial score (nSPS) is 10.3. The van der Waals surface area contributed by atoms with Gasteiger partial charge < -0.3 is 10.6 Å². The molecule has 29 heavy (non-hydrogen) atoms. The Balaban J connectivity index is 1.45. The fourth-order valence-electron chi connectivity index (χ4n) is 2.97. The van der Waals surface area contributed by atoms with Crippen molar-refractivity contribution >= 4 is 11.8 Å². The van der Waals surface area contributed by atoms with Crippen LogP contribution in [0.2, 0.25) is 0 Å². The molecule has 0 aliphatic carbocycles. The quantitative estimate of drug-likeness (QED) is 0.553. The maximum Gasteiger partial charge on any atom is 0.269 e. The van der Waals surface area contributed by atoms with Crippen LogP contribution in [0.25, 0.3) is 0 Å². The van der Waals surface area contributed by atoms with Crippen LogP contribution < -0.4 is 10.6 Å². The molecule has 0 saturated carbocycles. The summed E-state index contributed by atoms with van der Waals surface area (Å²) in [6, 6.07) is 25.0. The molecule has 0 spiro atoms. The van der Waals surface area contributed by atoms with Crippen molar-refractivity contribution in [1.29, 1.82) is 0 Å². The van der Waals surface area contributed by atoms with E-state index in [1.807, 2.05) is 48.5 Å². The first-order valence-corrected chi connectivity index (χ1v) is 9.84. The molecule has 5 heteroatoms. The zero-order chi connectivity index (χ0) is 20.3.